The van der Waals surface area contributed by atoms with Gasteiger partial charge in [-0.25, -0.2) is 66.8 Å². The van der Waals surface area contributed by atoms with Gasteiger partial charge in [0.2, 0.25) is 0 Å². The van der Waals surface area contributed by atoms with E-state index in [0.29, 0.717) is 110 Å². The van der Waals surface area contributed by atoms with Crippen LogP contribution >= 0.6 is 107 Å². The van der Waals surface area contributed by atoms with Crippen LogP contribution in [-0.4, -0.2) is 102 Å². The minimum atomic E-state index is -4.83. The van der Waals surface area contributed by atoms with E-state index in [2.05, 4.69) is 81.7 Å². The van der Waals surface area contributed by atoms with Gasteiger partial charge < -0.3 is 39.7 Å². The van der Waals surface area contributed by atoms with Gasteiger partial charge in [0.05, 0.1) is 191 Å². The molecule has 12 aromatic heterocycles. The monoisotopic (exact) mass is 2040 g/mol. The van der Waals surface area contributed by atoms with Crippen LogP contribution in [-0.2, 0) is 63.2 Å². The van der Waals surface area contributed by atoms with E-state index in [0.717, 1.165) is 156 Å². The first-order valence-corrected chi connectivity index (χ1v) is 45.2. The Morgan fingerprint density at radius 3 is 1.07 bits per heavy atom. The van der Waals surface area contributed by atoms with Crippen LogP contribution in [0.3, 0.4) is 0 Å². The van der Waals surface area contributed by atoms with Crippen molar-refractivity contribution < 1.29 is 66.3 Å². The molecule has 0 spiro atoms. The van der Waals surface area contributed by atoms with Crippen molar-refractivity contribution in [3.8, 4) is 97.6 Å². The third-order valence-electron chi connectivity index (χ3n) is 21.5. The molecule has 0 radical (unpaired) electrons. The van der Waals surface area contributed by atoms with Gasteiger partial charge in [-0.2, -0.15) is 83.3 Å². The summed E-state index contributed by atoms with van der Waals surface area (Å²) in [7, 11) is 1.36. The second-order valence-electron chi connectivity index (χ2n) is 29.8. The maximum absolute atomic E-state index is 13.8. The molecule has 1 amide bonds. The molecular weight excluding hydrogens is 1980 g/mol. The summed E-state index contributed by atoms with van der Waals surface area (Å²) in [6, 6.07) is 27.8. The second kappa shape index (κ2) is 33.8. The van der Waals surface area contributed by atoms with E-state index in [1.54, 1.807) is 30.5 Å². The van der Waals surface area contributed by atoms with Gasteiger partial charge in [-0.3, -0.25) is 4.79 Å². The number of nitrogens with one attached hydrogen (secondary N) is 1. The number of benzene rings is 6. The molecule has 6 aromatic carbocycles. The summed E-state index contributed by atoms with van der Waals surface area (Å²) in [6.07, 6.45) is -5.17. The molecule has 24 rings (SSSR count). The number of fused-ring (bicyclic) bond motifs is 18. The number of hydrogen-bond donors (Lipinski definition) is 7. The van der Waals surface area contributed by atoms with E-state index in [1.807, 2.05) is 46.0 Å². The van der Waals surface area contributed by atoms with Crippen molar-refractivity contribution in [3.63, 3.8) is 0 Å². The second-order valence-corrected chi connectivity index (χ2v) is 37.7. The first kappa shape index (κ1) is 89.0. The Hall–Kier alpha value is -13.3. The number of hydrogen-bond acceptors (Lipinski definition) is 25. The molecule has 0 saturated heterocycles. The number of nitrogens with two attached hydrogens (primary N) is 6. The Labute approximate surface area is 780 Å². The molecule has 26 nitrogen and oxygen atoms in total. The van der Waals surface area contributed by atoms with Gasteiger partial charge in [0.1, 0.15) is 17.2 Å². The Kier molecular flexibility index (Phi) is 22.6. The van der Waals surface area contributed by atoms with Crippen molar-refractivity contribution in [3.05, 3.63) is 280 Å². The lowest BCUT2D eigenvalue weighted by Gasteiger charge is -2.15. The summed E-state index contributed by atoms with van der Waals surface area (Å²) >= 11 is 23.8. The van der Waals surface area contributed by atoms with Gasteiger partial charge in [0.25, 0.3) is 5.91 Å². The lowest BCUT2D eigenvalue weighted by Crippen LogP contribution is -2.20. The summed E-state index contributed by atoms with van der Waals surface area (Å²) in [5.41, 5.74) is 46.2. The fourth-order valence-corrected chi connectivity index (χ4v) is 22.3. The summed E-state index contributed by atoms with van der Waals surface area (Å²) in [5.74, 6) is -2.69. The van der Waals surface area contributed by atoms with Crippen LogP contribution in [0.4, 0.5) is 92.3 Å². The lowest BCUT2D eigenvalue weighted by atomic mass is 10.1. The van der Waals surface area contributed by atoms with Crippen LogP contribution in [0.15, 0.2) is 163 Å². The van der Waals surface area contributed by atoms with Crippen LogP contribution in [0.5, 0.6) is 0 Å². The van der Waals surface area contributed by atoms with Crippen molar-refractivity contribution in [1.29, 1.82) is 0 Å². The third-order valence-corrected chi connectivity index (χ3v) is 28.3. The van der Waals surface area contributed by atoms with E-state index in [4.69, 9.17) is 57.6 Å². The molecule has 49 heteroatoms. The maximum Gasteiger partial charge on any atom is 0.421 e. The molecule has 0 unspecified atom stereocenters. The molecule has 0 bridgehead atoms. The quantitative estimate of drug-likeness (QED) is 0.0729. The molecule has 0 atom stereocenters. The highest BCUT2D eigenvalue weighted by molar-refractivity contribution is 9.10. The fraction of sp³-hybridized carbons (Fsp3) is 0.131. The maximum atomic E-state index is 13.8. The first-order chi connectivity index (χ1) is 63.3. The molecule has 6 aliphatic carbocycles. The average Bonchev–Trinajstić information content (AvgIpc) is 1.63. The molecule has 0 saturated carbocycles. The fourth-order valence-electron chi connectivity index (χ4n) is 16.0. The number of aromatic nitrogens is 18. The molecule has 13 N–H and O–H groups in total. The van der Waals surface area contributed by atoms with E-state index < -0.39 is 64.5 Å². The lowest BCUT2D eigenvalue weighted by molar-refractivity contribution is -0.140. The van der Waals surface area contributed by atoms with E-state index in [9.17, 15) is 66.3 Å². The normalized spacial score (nSPS) is 12.9. The first-order valence-electron chi connectivity index (χ1n) is 38.8. The van der Waals surface area contributed by atoms with Crippen LogP contribution in [0, 0.1) is 11.6 Å². The van der Waals surface area contributed by atoms with Gasteiger partial charge in [-0.15, -0.1) is 0 Å². The largest absolute Gasteiger partial charge is 0.421 e. The molecule has 6 aliphatic rings. The standard InChI is InChI=1S/C16H12F3N5OS.2C14H8F4N4S.C14H9F3N4S.C13H9BrN4S.C13H8Cl2N4S/c1-21-14(25)7-2-3-11(9(4-7)16(17,18)19)24-12-8(6-22-24)5-10-13(12)26-15(20)23-10;15-7-1-2-8(14(16,17)18)10(4-7)22-11-6(5-20-22)3-9-12(11)23-13(19)21-9;15-7-2-1-3-9(10(7)14(16,17)18)22-11-6(5-20-22)4-8-12(11)23-13(19)21-8;15-14(16,17)8-3-1-2-4-10(8)21-11-7(6-19-21)5-9-12(11)22-13(18)20-9;14-8-3-1-2-4-10(8)18-11-7(6-16-18)5-9-12(11)19-13(15)17-9;14-7-1-2-8(15)10(4-7)19-11-6(5-17-19)3-9-12(11)20-13(16)18-9/h2-4,6H,5H2,1H3,(H2,20,23)(H,21,25);1-2,4-5H,3H2,(H2,19,21);1-3,5H,4H2,(H2,19,21);1-4,6H,5H2,(H2,18,20);1-4,6H,5H2,(H2,15,17);1-2,4-5H,3H2,(H2,16,18). The molecule has 0 aliphatic heterocycles. The number of para-hydroxylation sites is 2. The molecule has 133 heavy (non-hydrogen) atoms. The van der Waals surface area contributed by atoms with Gasteiger partial charge in [0, 0.05) is 100 Å². The van der Waals surface area contributed by atoms with Gasteiger partial charge >= 0.3 is 24.7 Å². The Morgan fingerprint density at radius 1 is 0.361 bits per heavy atom. The minimum Gasteiger partial charge on any atom is -0.375 e. The van der Waals surface area contributed by atoms with Crippen molar-refractivity contribution in [2.24, 2.45) is 0 Å². The smallest absolute Gasteiger partial charge is 0.375 e. The zero-order valence-electron chi connectivity index (χ0n) is 67.1. The number of nitrogen functional groups attached to an aromatic ring is 6. The van der Waals surface area contributed by atoms with E-state index >= 15 is 0 Å². The molecule has 676 valence electrons. The number of rotatable bonds is 7. The number of amides is 1. The highest BCUT2D eigenvalue weighted by Crippen LogP contribution is 2.52. The van der Waals surface area contributed by atoms with Crippen LogP contribution in [0.25, 0.3) is 97.6 Å². The molecule has 0 fully saturated rings. The van der Waals surface area contributed by atoms with Crippen molar-refractivity contribution in [2.75, 3.05) is 41.4 Å². The van der Waals surface area contributed by atoms with E-state index in [-0.39, 0.29) is 28.3 Å². The Balaban J connectivity index is 0.000000103. The predicted octanol–water partition coefficient (Wildman–Crippen LogP) is 20.7. The number of carbonyl (C=O) groups is 1. The number of nitrogens with zero attached hydrogens (tertiary/aromatic N) is 18. The van der Waals surface area contributed by atoms with Crippen LogP contribution in [0.1, 0.15) is 100 Å². The molecular formula is C84H54BrCl2F14N25OS6. The van der Waals surface area contributed by atoms with Crippen LogP contribution < -0.4 is 39.7 Å². The topological polar surface area (TPSA) is 369 Å². The number of thiazole rings is 6. The molecule has 12 heterocycles. The van der Waals surface area contributed by atoms with Gasteiger partial charge in [-0.1, -0.05) is 122 Å². The van der Waals surface area contributed by atoms with Gasteiger partial charge in [0.15, 0.2) is 30.8 Å². The predicted molar refractivity (Wildman–Crippen MR) is 482 cm³/mol. The van der Waals surface area contributed by atoms with Crippen molar-refractivity contribution in [2.45, 2.75) is 63.2 Å². The SMILES string of the molecule is CNC(=O)c1ccc(-n2ncc3c2-c2sc(N)nc2C3)c(C(F)(F)F)c1.Nc1nc2c(s1)-c1c(cnn1-c1cc(Cl)ccc1Cl)C2.Nc1nc2c(s1)-c1c(cnn1-c1cc(F)ccc1C(F)(F)F)C2.Nc1nc2c(s1)-c1c(cnn1-c1cccc(F)c1C(F)(F)F)C2.Nc1nc2c(s1)-c1c(cnn1-c1ccccc1Br)C2.Nc1nc2c(s1)-c1c(cnn1-c1ccccc1C(F)(F)F)C2. The highest BCUT2D eigenvalue weighted by Gasteiger charge is 2.44. The number of anilines is 6. The van der Waals surface area contributed by atoms with E-state index in [1.165, 1.54) is 145 Å². The summed E-state index contributed by atoms with van der Waals surface area (Å²) in [6.45, 7) is 0. The van der Waals surface area contributed by atoms with Gasteiger partial charge in [-0.05, 0) is 101 Å². The summed E-state index contributed by atoms with van der Waals surface area (Å²) < 4.78 is 197. The van der Waals surface area contributed by atoms with Crippen molar-refractivity contribution in [1.82, 2.24) is 93.9 Å². The Morgan fingerprint density at radius 2 is 0.692 bits per heavy atom. The van der Waals surface area contributed by atoms with Crippen molar-refractivity contribution >= 4 is 144 Å². The number of halogens is 17. The van der Waals surface area contributed by atoms with Crippen LogP contribution in [0.2, 0.25) is 10.0 Å². The highest BCUT2D eigenvalue weighted by atomic mass is 79.9. The zero-order chi connectivity index (χ0) is 93.7. The zero-order valence-corrected chi connectivity index (χ0v) is 75.0. The average molecular weight is 2040 g/mol. The number of carbonyl (C=O) groups excluding carboxylic acids is 1. The molecule has 18 aromatic rings. The minimum absolute atomic E-state index is 0.0103. The summed E-state index contributed by atoms with van der Waals surface area (Å²) in [4.78, 5) is 42.3. The number of alkyl halides is 12. The third kappa shape index (κ3) is 16.4. The summed E-state index contributed by atoms with van der Waals surface area (Å²) in [5, 5.41) is 31.4. The Bertz CT molecular complexity index is 7620.